The number of thiophene rings is 1. The molecule has 0 spiro atoms. The van der Waals surface area contributed by atoms with Crippen molar-refractivity contribution >= 4 is 29.3 Å². The SMILES string of the molecule is CCOC(=O)c1c(SN)sc2c1CCCC2. The first-order valence-electron chi connectivity index (χ1n) is 5.46. The molecule has 2 rings (SSSR count). The average molecular weight is 257 g/mol. The van der Waals surface area contributed by atoms with Gasteiger partial charge in [-0.1, -0.05) is 0 Å². The summed E-state index contributed by atoms with van der Waals surface area (Å²) in [7, 11) is 0. The minimum absolute atomic E-state index is 0.213. The van der Waals surface area contributed by atoms with Crippen LogP contribution in [0.15, 0.2) is 4.21 Å². The number of esters is 1. The van der Waals surface area contributed by atoms with Gasteiger partial charge in [0.15, 0.2) is 0 Å². The van der Waals surface area contributed by atoms with Crippen LogP contribution in [0.2, 0.25) is 0 Å². The number of nitrogens with two attached hydrogens (primary N) is 1. The molecular weight excluding hydrogens is 242 g/mol. The Morgan fingerprint density at radius 3 is 2.94 bits per heavy atom. The van der Waals surface area contributed by atoms with Gasteiger partial charge in [0, 0.05) is 4.88 Å². The molecule has 0 saturated carbocycles. The summed E-state index contributed by atoms with van der Waals surface area (Å²) in [6.07, 6.45) is 4.43. The van der Waals surface area contributed by atoms with Crippen molar-refractivity contribution in [3.63, 3.8) is 0 Å². The van der Waals surface area contributed by atoms with Crippen molar-refractivity contribution in [1.29, 1.82) is 0 Å². The summed E-state index contributed by atoms with van der Waals surface area (Å²) in [4.78, 5) is 13.2. The summed E-state index contributed by atoms with van der Waals surface area (Å²) < 4.78 is 6.00. The molecule has 0 aliphatic heterocycles. The van der Waals surface area contributed by atoms with Gasteiger partial charge in [0.05, 0.1) is 16.4 Å². The Kier molecular flexibility index (Phi) is 3.89. The van der Waals surface area contributed by atoms with E-state index in [4.69, 9.17) is 9.88 Å². The van der Waals surface area contributed by atoms with Gasteiger partial charge in [0.2, 0.25) is 0 Å². The van der Waals surface area contributed by atoms with E-state index in [0.29, 0.717) is 6.61 Å². The lowest BCUT2D eigenvalue weighted by molar-refractivity contribution is 0.0522. The average Bonchev–Trinajstić information content (AvgIpc) is 2.67. The molecule has 5 heteroatoms. The van der Waals surface area contributed by atoms with Crippen LogP contribution in [0.5, 0.6) is 0 Å². The van der Waals surface area contributed by atoms with Gasteiger partial charge in [-0.05, 0) is 50.1 Å². The monoisotopic (exact) mass is 257 g/mol. The fourth-order valence-corrected chi connectivity index (χ4v) is 3.96. The van der Waals surface area contributed by atoms with E-state index in [1.807, 2.05) is 6.92 Å². The fourth-order valence-electron chi connectivity index (χ4n) is 2.03. The van der Waals surface area contributed by atoms with Crippen molar-refractivity contribution < 1.29 is 9.53 Å². The smallest absolute Gasteiger partial charge is 0.340 e. The van der Waals surface area contributed by atoms with E-state index >= 15 is 0 Å². The zero-order valence-electron chi connectivity index (χ0n) is 9.25. The molecule has 16 heavy (non-hydrogen) atoms. The maximum absolute atomic E-state index is 11.9. The minimum atomic E-state index is -0.213. The van der Waals surface area contributed by atoms with Gasteiger partial charge in [-0.3, -0.25) is 5.14 Å². The van der Waals surface area contributed by atoms with Crippen molar-refractivity contribution in [3.05, 3.63) is 16.0 Å². The predicted octanol–water partition coefficient (Wildman–Crippen LogP) is 2.77. The molecular formula is C11H15NO2S2. The molecule has 0 amide bonds. The first-order valence-corrected chi connectivity index (χ1v) is 7.16. The zero-order valence-corrected chi connectivity index (χ0v) is 10.9. The van der Waals surface area contributed by atoms with Gasteiger partial charge in [-0.15, -0.1) is 11.3 Å². The topological polar surface area (TPSA) is 52.3 Å². The van der Waals surface area contributed by atoms with Crippen LogP contribution < -0.4 is 5.14 Å². The van der Waals surface area contributed by atoms with Crippen molar-refractivity contribution in [2.24, 2.45) is 5.14 Å². The Bertz CT molecular complexity index is 401. The largest absolute Gasteiger partial charge is 0.462 e. The minimum Gasteiger partial charge on any atom is -0.462 e. The molecule has 3 nitrogen and oxygen atoms in total. The van der Waals surface area contributed by atoms with Gasteiger partial charge >= 0.3 is 5.97 Å². The van der Waals surface area contributed by atoms with Gasteiger partial charge in [0.25, 0.3) is 0 Å². The number of carbonyl (C=O) groups is 1. The summed E-state index contributed by atoms with van der Waals surface area (Å²) in [5, 5.41) is 5.62. The second kappa shape index (κ2) is 5.21. The maximum atomic E-state index is 11.9. The first kappa shape index (κ1) is 12.0. The van der Waals surface area contributed by atoms with Crippen LogP contribution in [-0.4, -0.2) is 12.6 Å². The predicted molar refractivity (Wildman–Crippen MR) is 67.0 cm³/mol. The highest BCUT2D eigenvalue weighted by Crippen LogP contribution is 2.38. The third-order valence-corrected chi connectivity index (χ3v) is 4.77. The van der Waals surface area contributed by atoms with Crippen molar-refractivity contribution in [3.8, 4) is 0 Å². The molecule has 1 aromatic rings. The zero-order chi connectivity index (χ0) is 11.5. The van der Waals surface area contributed by atoms with E-state index < -0.39 is 0 Å². The third kappa shape index (κ3) is 2.12. The Hall–Kier alpha value is -0.520. The van der Waals surface area contributed by atoms with Crippen molar-refractivity contribution in [1.82, 2.24) is 0 Å². The van der Waals surface area contributed by atoms with Crippen LogP contribution in [0, 0.1) is 0 Å². The number of hydrogen-bond acceptors (Lipinski definition) is 5. The molecule has 0 atom stereocenters. The van der Waals surface area contributed by atoms with Gasteiger partial charge in [-0.25, -0.2) is 4.79 Å². The molecule has 0 bridgehead atoms. The molecule has 2 N–H and O–H groups in total. The maximum Gasteiger partial charge on any atom is 0.340 e. The number of carbonyl (C=O) groups excluding carboxylic acids is 1. The van der Waals surface area contributed by atoms with Crippen LogP contribution in [0.3, 0.4) is 0 Å². The molecule has 0 radical (unpaired) electrons. The molecule has 0 aromatic carbocycles. The van der Waals surface area contributed by atoms with Crippen molar-refractivity contribution in [2.45, 2.75) is 36.8 Å². The van der Waals surface area contributed by atoms with E-state index in [1.165, 1.54) is 16.9 Å². The van der Waals surface area contributed by atoms with E-state index in [2.05, 4.69) is 0 Å². The quantitative estimate of drug-likeness (QED) is 0.668. The summed E-state index contributed by atoms with van der Waals surface area (Å²) in [6, 6.07) is 0. The molecule has 0 saturated heterocycles. The fraction of sp³-hybridized carbons (Fsp3) is 0.545. The Balaban J connectivity index is 2.40. The third-order valence-electron chi connectivity index (χ3n) is 2.73. The second-order valence-corrected chi connectivity index (χ2v) is 5.72. The van der Waals surface area contributed by atoms with E-state index in [0.717, 1.165) is 41.0 Å². The molecule has 88 valence electrons. The highest BCUT2D eigenvalue weighted by Gasteiger charge is 2.25. The van der Waals surface area contributed by atoms with Gasteiger partial charge in [0.1, 0.15) is 0 Å². The summed E-state index contributed by atoms with van der Waals surface area (Å²) >= 11 is 2.81. The number of rotatable bonds is 3. The van der Waals surface area contributed by atoms with Crippen LogP contribution in [0.25, 0.3) is 0 Å². The second-order valence-electron chi connectivity index (χ2n) is 3.71. The lowest BCUT2D eigenvalue weighted by Crippen LogP contribution is -2.10. The normalized spacial score (nSPS) is 14.6. The molecule has 1 aliphatic carbocycles. The molecule has 1 aromatic heterocycles. The number of fused-ring (bicyclic) bond motifs is 1. The van der Waals surface area contributed by atoms with Crippen molar-refractivity contribution in [2.75, 3.05) is 6.61 Å². The Morgan fingerprint density at radius 2 is 2.25 bits per heavy atom. The van der Waals surface area contributed by atoms with Crippen LogP contribution in [0.4, 0.5) is 0 Å². The van der Waals surface area contributed by atoms with Crippen LogP contribution >= 0.6 is 23.3 Å². The molecule has 0 unspecified atom stereocenters. The standard InChI is InChI=1S/C11H15NO2S2/c1-2-14-10(13)9-7-5-3-4-6-8(7)15-11(9)16-12/h2-6,12H2,1H3. The Morgan fingerprint density at radius 1 is 1.50 bits per heavy atom. The van der Waals surface area contributed by atoms with Gasteiger partial charge in [-0.2, -0.15) is 0 Å². The lowest BCUT2D eigenvalue weighted by Gasteiger charge is -2.12. The van der Waals surface area contributed by atoms with Crippen LogP contribution in [0.1, 0.15) is 40.6 Å². The highest BCUT2D eigenvalue weighted by molar-refractivity contribution is 7.99. The first-order chi connectivity index (χ1) is 7.77. The van der Waals surface area contributed by atoms with E-state index in [1.54, 1.807) is 11.3 Å². The molecule has 1 heterocycles. The van der Waals surface area contributed by atoms with E-state index in [9.17, 15) is 4.79 Å². The lowest BCUT2D eigenvalue weighted by atomic mass is 9.96. The summed E-state index contributed by atoms with van der Waals surface area (Å²) in [5.74, 6) is -0.213. The van der Waals surface area contributed by atoms with E-state index in [-0.39, 0.29) is 5.97 Å². The molecule has 0 fully saturated rings. The summed E-state index contributed by atoms with van der Waals surface area (Å²) in [5.41, 5.74) is 1.91. The summed E-state index contributed by atoms with van der Waals surface area (Å²) in [6.45, 7) is 2.24. The van der Waals surface area contributed by atoms with Crippen LogP contribution in [-0.2, 0) is 17.6 Å². The Labute approximate surface area is 103 Å². The highest BCUT2D eigenvalue weighted by atomic mass is 32.2. The molecule has 1 aliphatic rings. The van der Waals surface area contributed by atoms with Gasteiger partial charge < -0.3 is 4.74 Å². The number of hydrogen-bond donors (Lipinski definition) is 1. The number of aryl methyl sites for hydroxylation is 1. The number of ether oxygens (including phenoxy) is 1.